The molecule has 644 valence electrons. The van der Waals surface area contributed by atoms with Gasteiger partial charge in [-0.05, 0) is 175 Å². The highest BCUT2D eigenvalue weighted by Crippen LogP contribution is 2.45. The molecule has 0 heterocycles. The first kappa shape index (κ1) is 96.8. The van der Waals surface area contributed by atoms with E-state index < -0.39 is 62.6 Å². The lowest BCUT2D eigenvalue weighted by Gasteiger charge is -2.34. The van der Waals surface area contributed by atoms with E-state index in [4.69, 9.17) is 33.2 Å². The Kier molecular flexibility index (Phi) is 47.9. The number of thioether (sulfide) groups is 2. The number of halogens is 8. The van der Waals surface area contributed by atoms with E-state index in [1.54, 1.807) is 21.6 Å². The van der Waals surface area contributed by atoms with Gasteiger partial charge >= 0.3 is 48.9 Å². The van der Waals surface area contributed by atoms with E-state index in [-0.39, 0.29) is 61.0 Å². The maximum Gasteiger partial charge on any atom is 0.490 e. The summed E-state index contributed by atoms with van der Waals surface area (Å²) in [4.78, 5) is 72.8. The van der Waals surface area contributed by atoms with Crippen molar-refractivity contribution in [3.05, 3.63) is 0 Å². The van der Waals surface area contributed by atoms with Crippen molar-refractivity contribution in [1.82, 2.24) is 21.3 Å². The molecule has 4 N–H and O–H groups in total. The number of carbonyl (C=O) groups excluding carboxylic acids is 6. The van der Waals surface area contributed by atoms with Gasteiger partial charge in [0, 0.05) is 61.0 Å². The molecule has 0 bridgehead atoms. The Morgan fingerprint density at radius 1 is 0.378 bits per heavy atom. The molecule has 6 fully saturated rings. The minimum absolute atomic E-state index is 0.0466. The fraction of sp³-hybridized carbons (Fsp3) is 0.923. The molecule has 0 unspecified atom stereocenters. The minimum atomic E-state index is -6.37. The standard InChI is InChI=1S/C78H130F8N4O17S4/c1-57-15-17-60(18-16-57)51-63-27-35-67(36-28-63)89-73(95)103-41-42-105-78(85,86)107-77(83,84)76(81,82)106-75(79,80)54-104-69(91)13-7-3-5-11-58-19-23-62(24-20-58)53-65-31-37-68(38-32-65)90-74(96)109-48-44-98-56-100-46-50-111-110-49-45-99-55-97-43-47-108-70(92)14-8-4-6-12-59-21-25-61(26-22-59)52-64-29-33-66(34-30-64)88-72(94)102-40-10-9-39-101-71(93)87-2/h57-68H,3-56H2,1-2H3,(H,87,93)(H,88,94)(H,89,95)(H,90,96). The zero-order valence-corrected chi connectivity index (χ0v) is 69.0. The number of amides is 4. The monoisotopic (exact) mass is 1670 g/mol. The van der Waals surface area contributed by atoms with E-state index >= 15 is 0 Å². The molecule has 0 aromatic heterocycles. The summed E-state index contributed by atoms with van der Waals surface area (Å²) in [5.41, 5.74) is 0. The molecule has 6 aliphatic rings. The van der Waals surface area contributed by atoms with Crippen molar-refractivity contribution >= 4 is 79.7 Å². The summed E-state index contributed by atoms with van der Waals surface area (Å²) in [5, 5.41) is 11.4. The number of alkyl halides is 8. The first-order valence-corrected chi connectivity index (χ1v) is 45.8. The van der Waals surface area contributed by atoms with Crippen LogP contribution in [0.25, 0.3) is 0 Å². The molecule has 4 amide bonds. The van der Waals surface area contributed by atoms with E-state index in [0.717, 1.165) is 164 Å². The second-order valence-corrected chi connectivity index (χ2v) is 36.4. The Hall–Kier alpha value is -3.02. The quantitative estimate of drug-likeness (QED) is 0.0110. The van der Waals surface area contributed by atoms with Crippen LogP contribution >= 0.6 is 45.1 Å². The van der Waals surface area contributed by atoms with Crippen molar-refractivity contribution in [1.29, 1.82) is 0 Å². The zero-order valence-electron chi connectivity index (χ0n) is 65.7. The van der Waals surface area contributed by atoms with Crippen LogP contribution in [-0.4, -0.2) is 180 Å². The third-order valence-electron chi connectivity index (χ3n) is 22.6. The Labute approximate surface area is 669 Å². The third kappa shape index (κ3) is 43.8. The SMILES string of the molecule is CNC(=O)OCCCCOC(=O)NC1CCC(CC2CCC(CCCCCC(=O)SCCOCOCCSSCCOCOCCSC(=O)NC3CCC(CC4CCC(CCCCCC(=O)OCC(F)(F)OC(F)(F)C(F)(F)OC(F)(F)OCCOC(=O)NC5CCC(CC6CCC(C)CC6)CC5)CC4)CC3)CC2)CC1. The Morgan fingerprint density at radius 3 is 1.23 bits per heavy atom. The molecule has 0 spiro atoms. The van der Waals surface area contributed by atoms with Crippen molar-refractivity contribution in [2.45, 2.75) is 300 Å². The molecule has 6 saturated carbocycles. The van der Waals surface area contributed by atoms with Crippen molar-refractivity contribution in [3.63, 3.8) is 0 Å². The van der Waals surface area contributed by atoms with Gasteiger partial charge in [0.2, 0.25) is 0 Å². The second kappa shape index (κ2) is 54.9. The van der Waals surface area contributed by atoms with E-state index in [1.165, 1.54) is 101 Å². The van der Waals surface area contributed by atoms with Gasteiger partial charge in [-0.2, -0.15) is 26.3 Å². The molecule has 0 saturated heterocycles. The minimum Gasteiger partial charge on any atom is -0.456 e. The van der Waals surface area contributed by atoms with Gasteiger partial charge in [0.15, 0.2) is 11.7 Å². The molecular formula is C78H130F8N4O17S4. The first-order chi connectivity index (χ1) is 53.3. The topological polar surface area (TPSA) is 252 Å². The summed E-state index contributed by atoms with van der Waals surface area (Å²) in [5.74, 6) is 7.67. The van der Waals surface area contributed by atoms with Crippen molar-refractivity contribution < 1.29 is 116 Å². The number of ether oxygens (including phenoxy) is 11. The number of unbranched alkanes of at least 4 members (excludes halogenated alkanes) is 5. The van der Waals surface area contributed by atoms with Crippen molar-refractivity contribution in [3.8, 4) is 0 Å². The number of rotatable bonds is 54. The van der Waals surface area contributed by atoms with E-state index in [0.29, 0.717) is 119 Å². The fourth-order valence-electron chi connectivity index (χ4n) is 16.3. The molecule has 0 aromatic rings. The number of nitrogens with one attached hydrogen (secondary N) is 4. The molecule has 6 aliphatic carbocycles. The summed E-state index contributed by atoms with van der Waals surface area (Å²) in [6.07, 6.45) is 13.0. The largest absolute Gasteiger partial charge is 0.490 e. The molecule has 0 radical (unpaired) electrons. The molecule has 111 heavy (non-hydrogen) atoms. The number of esters is 1. The molecule has 21 nitrogen and oxygen atoms in total. The van der Waals surface area contributed by atoms with Gasteiger partial charge in [-0.3, -0.25) is 19.1 Å². The predicted octanol–water partition coefficient (Wildman–Crippen LogP) is 19.7. The normalized spacial score (nSPS) is 25.0. The van der Waals surface area contributed by atoms with Gasteiger partial charge < -0.3 is 59.2 Å². The summed E-state index contributed by atoms with van der Waals surface area (Å²) < 4.78 is 165. The van der Waals surface area contributed by atoms with Crippen LogP contribution in [0, 0.1) is 53.3 Å². The summed E-state index contributed by atoms with van der Waals surface area (Å²) >= 11 is 2.56. The van der Waals surface area contributed by atoms with Crippen molar-refractivity contribution in [2.24, 2.45) is 53.3 Å². The number of alkyl carbamates (subject to hydrolysis) is 3. The van der Waals surface area contributed by atoms with Crippen molar-refractivity contribution in [2.75, 3.05) is 103 Å². The van der Waals surface area contributed by atoms with Crippen LogP contribution < -0.4 is 21.3 Å². The molecule has 0 aromatic carbocycles. The van der Waals surface area contributed by atoms with Crippen LogP contribution in [0.1, 0.15) is 257 Å². The van der Waals surface area contributed by atoms with Gasteiger partial charge in [0.1, 0.15) is 20.2 Å². The number of hydrogen-bond acceptors (Lipinski definition) is 21. The van der Waals surface area contributed by atoms with E-state index in [2.05, 4.69) is 47.1 Å². The number of hydrogen-bond donors (Lipinski definition) is 4. The van der Waals surface area contributed by atoms with Crippen LogP contribution in [0.4, 0.5) is 54.3 Å². The molecule has 6 rings (SSSR count). The highest BCUT2D eigenvalue weighted by molar-refractivity contribution is 8.76. The van der Waals surface area contributed by atoms with E-state index in [9.17, 15) is 63.9 Å². The molecule has 0 aliphatic heterocycles. The van der Waals surface area contributed by atoms with Gasteiger partial charge in [-0.25, -0.2) is 23.9 Å². The zero-order chi connectivity index (χ0) is 80.0. The van der Waals surface area contributed by atoms with Gasteiger partial charge in [0.05, 0.1) is 46.2 Å². The average Bonchev–Trinajstić information content (AvgIpc) is 0.788. The smallest absolute Gasteiger partial charge is 0.456 e. The van der Waals surface area contributed by atoms with Crippen LogP contribution in [-0.2, 0) is 61.7 Å². The van der Waals surface area contributed by atoms with Crippen LogP contribution in [0.5, 0.6) is 0 Å². The Balaban J connectivity index is 0.630. The highest BCUT2D eigenvalue weighted by Gasteiger charge is 2.68. The third-order valence-corrected chi connectivity index (χ3v) is 26.6. The fourth-order valence-corrected chi connectivity index (χ4v) is 19.4. The highest BCUT2D eigenvalue weighted by atomic mass is 33.1. The lowest BCUT2D eigenvalue weighted by Crippen LogP contribution is -2.53. The average molecular weight is 1680 g/mol. The van der Waals surface area contributed by atoms with Gasteiger partial charge in [-0.1, -0.05) is 168 Å². The summed E-state index contributed by atoms with van der Waals surface area (Å²) in [6.45, 7) is 0.827. The van der Waals surface area contributed by atoms with E-state index in [1.807, 2.05) is 0 Å². The summed E-state index contributed by atoms with van der Waals surface area (Å²) in [6, 6.07) is 0.122. The van der Waals surface area contributed by atoms with Crippen LogP contribution in [0.15, 0.2) is 0 Å². The van der Waals surface area contributed by atoms with Crippen LogP contribution in [0.2, 0.25) is 0 Å². The molecule has 0 atom stereocenters. The molecular weight excluding hydrogens is 1550 g/mol. The molecule has 33 heteroatoms. The summed E-state index contributed by atoms with van der Waals surface area (Å²) in [7, 11) is 4.91. The van der Waals surface area contributed by atoms with Crippen LogP contribution in [0.3, 0.4) is 0 Å². The maximum atomic E-state index is 14.3. The predicted molar refractivity (Wildman–Crippen MR) is 414 cm³/mol. The lowest BCUT2D eigenvalue weighted by atomic mass is 9.73. The van der Waals surface area contributed by atoms with Gasteiger partial charge in [-0.15, -0.1) is 8.78 Å². The first-order valence-electron chi connectivity index (χ1n) is 41.4. The second-order valence-electron chi connectivity index (χ2n) is 31.5. The Morgan fingerprint density at radius 2 is 0.766 bits per heavy atom. The van der Waals surface area contributed by atoms with Gasteiger partial charge in [0.25, 0.3) is 5.24 Å². The maximum absolute atomic E-state index is 14.3. The lowest BCUT2D eigenvalue weighted by molar-refractivity contribution is -0.545. The Bertz CT molecular complexity index is 2570. The number of carbonyl (C=O) groups is 6.